The van der Waals surface area contributed by atoms with Crippen LogP contribution < -0.4 is 20.9 Å². The molecule has 0 saturated carbocycles. The highest BCUT2D eigenvalue weighted by Crippen LogP contribution is 2.38. The molecule has 158 valence electrons. The Morgan fingerprint density at radius 3 is 2.53 bits per heavy atom. The van der Waals surface area contributed by atoms with E-state index >= 15 is 0 Å². The van der Waals surface area contributed by atoms with Crippen molar-refractivity contribution in [3.8, 4) is 11.5 Å². The fraction of sp³-hybridized carbons (Fsp3) is 0.348. The number of benzene rings is 1. The minimum atomic E-state index is -0.281. The highest BCUT2D eigenvalue weighted by Gasteiger charge is 2.24. The molecule has 1 aromatic carbocycles. The molecule has 7 heteroatoms. The number of carbonyl (C=O) groups excluding carboxylic acids is 1. The van der Waals surface area contributed by atoms with Gasteiger partial charge in [-0.1, -0.05) is 37.6 Å². The van der Waals surface area contributed by atoms with Crippen LogP contribution in [0, 0.1) is 5.92 Å². The quantitative estimate of drug-likeness (QED) is 0.668. The van der Waals surface area contributed by atoms with Crippen molar-refractivity contribution in [3.63, 3.8) is 0 Å². The molecule has 0 bridgehead atoms. The minimum absolute atomic E-state index is 0.0232. The second-order valence-electron chi connectivity index (χ2n) is 7.61. The topological polar surface area (TPSA) is 113 Å². The van der Waals surface area contributed by atoms with Gasteiger partial charge in [-0.3, -0.25) is 4.79 Å². The van der Waals surface area contributed by atoms with E-state index in [1.54, 1.807) is 13.2 Å². The minimum Gasteiger partial charge on any atom is -0.493 e. The molecule has 3 rings (SSSR count). The first-order valence-corrected chi connectivity index (χ1v) is 9.89. The number of rotatable bonds is 7. The molecule has 0 fully saturated rings. The molecule has 2 aromatic rings. The first kappa shape index (κ1) is 21.4. The van der Waals surface area contributed by atoms with E-state index in [1.165, 1.54) is 18.9 Å². The van der Waals surface area contributed by atoms with Crippen LogP contribution in [0.25, 0.3) is 0 Å². The maximum Gasteiger partial charge on any atom is 0.221 e. The van der Waals surface area contributed by atoms with Crippen molar-refractivity contribution < 1.29 is 14.3 Å². The number of aromatic nitrogens is 2. The van der Waals surface area contributed by atoms with Crippen molar-refractivity contribution in [1.82, 2.24) is 9.97 Å². The van der Waals surface area contributed by atoms with Crippen LogP contribution in [0.5, 0.6) is 11.5 Å². The summed E-state index contributed by atoms with van der Waals surface area (Å²) in [5.41, 5.74) is 14.3. The van der Waals surface area contributed by atoms with Crippen LogP contribution in [0.3, 0.4) is 0 Å². The Morgan fingerprint density at radius 2 is 1.90 bits per heavy atom. The summed E-state index contributed by atoms with van der Waals surface area (Å²) in [6, 6.07) is 3.55. The Bertz CT molecular complexity index is 1010. The van der Waals surface area contributed by atoms with E-state index in [1.807, 2.05) is 6.07 Å². The third-order valence-corrected chi connectivity index (χ3v) is 5.29. The summed E-state index contributed by atoms with van der Waals surface area (Å²) in [5, 5.41) is 0. The van der Waals surface area contributed by atoms with Crippen molar-refractivity contribution >= 4 is 17.5 Å². The number of nitrogen functional groups attached to an aromatic ring is 2. The molecule has 0 radical (unpaired) electrons. The second-order valence-corrected chi connectivity index (χ2v) is 7.61. The largest absolute Gasteiger partial charge is 0.493 e. The first-order chi connectivity index (χ1) is 14.3. The van der Waals surface area contributed by atoms with Gasteiger partial charge in [-0.05, 0) is 42.4 Å². The molecule has 7 nitrogen and oxygen atoms in total. The van der Waals surface area contributed by atoms with Crippen molar-refractivity contribution in [1.29, 1.82) is 0 Å². The predicted octanol–water partition coefficient (Wildman–Crippen LogP) is 3.91. The molecule has 0 amide bonds. The number of ether oxygens (including phenoxy) is 2. The highest BCUT2D eigenvalue weighted by molar-refractivity contribution is 6.12. The summed E-state index contributed by atoms with van der Waals surface area (Å²) >= 11 is 0. The van der Waals surface area contributed by atoms with Gasteiger partial charge in [0.2, 0.25) is 5.95 Å². The Hall–Kier alpha value is -3.35. The van der Waals surface area contributed by atoms with Crippen LogP contribution in [0.15, 0.2) is 42.1 Å². The Kier molecular flexibility index (Phi) is 6.40. The van der Waals surface area contributed by atoms with E-state index < -0.39 is 0 Å². The number of hydrogen-bond donors (Lipinski definition) is 2. The summed E-state index contributed by atoms with van der Waals surface area (Å²) in [6.45, 7) is 4.29. The Morgan fingerprint density at radius 1 is 1.20 bits per heavy atom. The van der Waals surface area contributed by atoms with E-state index in [2.05, 4.69) is 42.0 Å². The van der Waals surface area contributed by atoms with E-state index in [0.29, 0.717) is 23.0 Å². The Labute approximate surface area is 176 Å². The maximum absolute atomic E-state index is 13.4. The number of nitrogens with two attached hydrogens (primary N) is 2. The van der Waals surface area contributed by atoms with Crippen LogP contribution in [0.2, 0.25) is 0 Å². The van der Waals surface area contributed by atoms with Gasteiger partial charge < -0.3 is 20.9 Å². The molecule has 1 aromatic heterocycles. The van der Waals surface area contributed by atoms with Gasteiger partial charge in [0.15, 0.2) is 17.3 Å². The zero-order valence-corrected chi connectivity index (χ0v) is 17.8. The Balaban J connectivity index is 2.06. The van der Waals surface area contributed by atoms with Gasteiger partial charge in [-0.25, -0.2) is 4.98 Å². The van der Waals surface area contributed by atoms with Gasteiger partial charge in [0, 0.05) is 11.8 Å². The maximum atomic E-state index is 13.4. The summed E-state index contributed by atoms with van der Waals surface area (Å²) in [6.07, 6.45) is 9.84. The average molecular weight is 409 g/mol. The monoisotopic (exact) mass is 408 g/mol. The van der Waals surface area contributed by atoms with Gasteiger partial charge in [0.05, 0.1) is 19.8 Å². The molecule has 4 N–H and O–H groups in total. The lowest BCUT2D eigenvalue weighted by Crippen LogP contribution is -2.13. The van der Waals surface area contributed by atoms with Gasteiger partial charge in [-0.15, -0.1) is 0 Å². The summed E-state index contributed by atoms with van der Waals surface area (Å²) in [5.74, 6) is 1.40. The summed E-state index contributed by atoms with van der Waals surface area (Å²) in [7, 11) is 3.11. The van der Waals surface area contributed by atoms with Gasteiger partial charge >= 0.3 is 0 Å². The van der Waals surface area contributed by atoms with Crippen LogP contribution >= 0.6 is 0 Å². The molecular formula is C23H28N4O3. The van der Waals surface area contributed by atoms with Gasteiger partial charge in [-0.2, -0.15) is 4.98 Å². The van der Waals surface area contributed by atoms with Crippen molar-refractivity contribution in [2.75, 3.05) is 25.7 Å². The third-order valence-electron chi connectivity index (χ3n) is 5.29. The molecule has 0 aliphatic heterocycles. The van der Waals surface area contributed by atoms with E-state index in [4.69, 9.17) is 20.9 Å². The fourth-order valence-electron chi connectivity index (χ4n) is 3.75. The molecular weight excluding hydrogens is 380 g/mol. The number of ketones is 1. The van der Waals surface area contributed by atoms with Crippen LogP contribution in [-0.2, 0) is 0 Å². The summed E-state index contributed by atoms with van der Waals surface area (Å²) in [4.78, 5) is 21.2. The fourth-order valence-corrected chi connectivity index (χ4v) is 3.75. The smallest absolute Gasteiger partial charge is 0.221 e. The SMILES string of the molecule is COc1cc(C(=O)c2cnc(N)nc2N)c(C(C)CC2=CC(C)CC=C2)cc1OC. The normalized spacial score (nSPS) is 16.7. The zero-order valence-electron chi connectivity index (χ0n) is 17.8. The van der Waals surface area contributed by atoms with Crippen LogP contribution in [0.1, 0.15) is 54.1 Å². The number of hydrogen-bond acceptors (Lipinski definition) is 7. The lowest BCUT2D eigenvalue weighted by Gasteiger charge is -2.21. The van der Waals surface area contributed by atoms with Crippen molar-refractivity contribution in [2.45, 2.75) is 32.6 Å². The number of carbonyl (C=O) groups is 1. The lowest BCUT2D eigenvalue weighted by atomic mass is 9.85. The predicted molar refractivity (Wildman–Crippen MR) is 118 cm³/mol. The number of allylic oxidation sites excluding steroid dienone is 4. The number of nitrogens with zero attached hydrogens (tertiary/aromatic N) is 2. The van der Waals surface area contributed by atoms with Crippen LogP contribution in [0.4, 0.5) is 11.8 Å². The van der Waals surface area contributed by atoms with E-state index in [9.17, 15) is 4.79 Å². The summed E-state index contributed by atoms with van der Waals surface area (Å²) < 4.78 is 10.9. The molecule has 2 unspecified atom stereocenters. The lowest BCUT2D eigenvalue weighted by molar-refractivity contribution is 0.103. The molecule has 0 spiro atoms. The van der Waals surface area contributed by atoms with E-state index in [-0.39, 0.29) is 29.0 Å². The van der Waals surface area contributed by atoms with Crippen molar-refractivity contribution in [3.05, 3.63) is 58.8 Å². The van der Waals surface area contributed by atoms with Crippen LogP contribution in [-0.4, -0.2) is 30.0 Å². The second kappa shape index (κ2) is 8.98. The number of methoxy groups -OCH3 is 2. The zero-order chi connectivity index (χ0) is 21.8. The molecule has 30 heavy (non-hydrogen) atoms. The molecule has 1 aliphatic carbocycles. The van der Waals surface area contributed by atoms with Gasteiger partial charge in [0.25, 0.3) is 0 Å². The molecule has 1 aliphatic rings. The molecule has 0 saturated heterocycles. The van der Waals surface area contributed by atoms with Gasteiger partial charge in [0.1, 0.15) is 5.82 Å². The standard InChI is InChI=1S/C23H28N4O3/c1-13-6-5-7-15(8-13)9-14(2)16-10-19(29-3)20(30-4)11-17(16)21(28)18-12-26-23(25)27-22(18)24/h5,7-8,10-14H,6,9H2,1-4H3,(H4,24,25,26,27). The first-order valence-electron chi connectivity index (χ1n) is 9.89. The third kappa shape index (κ3) is 4.45. The molecule has 1 heterocycles. The highest BCUT2D eigenvalue weighted by atomic mass is 16.5. The molecule has 2 atom stereocenters. The van der Waals surface area contributed by atoms with E-state index in [0.717, 1.165) is 18.4 Å². The average Bonchev–Trinajstić information content (AvgIpc) is 2.72. The van der Waals surface area contributed by atoms with Crippen molar-refractivity contribution in [2.24, 2.45) is 5.92 Å². The number of anilines is 2.